The van der Waals surface area contributed by atoms with Crippen LogP contribution in [-0.2, 0) is 6.54 Å². The highest BCUT2D eigenvalue weighted by molar-refractivity contribution is 5.52. The third kappa shape index (κ3) is 5.12. The van der Waals surface area contributed by atoms with E-state index in [1.54, 1.807) is 14.2 Å². The molecule has 0 aliphatic carbocycles. The number of aromatic hydroxyl groups is 1. The van der Waals surface area contributed by atoms with Crippen molar-refractivity contribution in [1.29, 1.82) is 0 Å². The summed E-state index contributed by atoms with van der Waals surface area (Å²) in [7, 11) is 3.11. The summed E-state index contributed by atoms with van der Waals surface area (Å²) >= 11 is 0. The van der Waals surface area contributed by atoms with Gasteiger partial charge in [0.2, 0.25) is 5.75 Å². The fraction of sp³-hybridized carbons (Fsp3) is 0.647. The van der Waals surface area contributed by atoms with E-state index in [9.17, 15) is 5.11 Å². The first-order valence-electron chi connectivity index (χ1n) is 7.71. The highest BCUT2D eigenvalue weighted by atomic mass is 16.5. The van der Waals surface area contributed by atoms with Gasteiger partial charge in [-0.3, -0.25) is 4.90 Å². The standard InChI is InChI=1S/C17H29NO3/c1-6-7-8-9-18(13(2)3)12-14-10-15(20-4)17(19)16(11-14)21-5/h10-11,13,19H,6-9,12H2,1-5H3. The quantitative estimate of drug-likeness (QED) is 0.703. The lowest BCUT2D eigenvalue weighted by molar-refractivity contribution is 0.207. The second kappa shape index (κ2) is 8.78. The molecule has 0 radical (unpaired) electrons. The monoisotopic (exact) mass is 295 g/mol. The molecule has 0 heterocycles. The summed E-state index contributed by atoms with van der Waals surface area (Å²) in [4.78, 5) is 2.43. The molecular formula is C17H29NO3. The van der Waals surface area contributed by atoms with E-state index in [2.05, 4.69) is 25.7 Å². The van der Waals surface area contributed by atoms with E-state index in [4.69, 9.17) is 9.47 Å². The maximum Gasteiger partial charge on any atom is 0.200 e. The van der Waals surface area contributed by atoms with Crippen LogP contribution in [0.15, 0.2) is 12.1 Å². The topological polar surface area (TPSA) is 41.9 Å². The van der Waals surface area contributed by atoms with Gasteiger partial charge >= 0.3 is 0 Å². The summed E-state index contributed by atoms with van der Waals surface area (Å²) in [6.45, 7) is 8.54. The van der Waals surface area contributed by atoms with Crippen LogP contribution in [0, 0.1) is 0 Å². The molecule has 0 bridgehead atoms. The lowest BCUT2D eigenvalue weighted by atomic mass is 10.1. The van der Waals surface area contributed by atoms with Crippen LogP contribution >= 0.6 is 0 Å². The highest BCUT2D eigenvalue weighted by Crippen LogP contribution is 2.37. The molecule has 0 unspecified atom stereocenters. The zero-order valence-electron chi connectivity index (χ0n) is 14.0. The molecule has 21 heavy (non-hydrogen) atoms. The Morgan fingerprint density at radius 1 is 1.10 bits per heavy atom. The third-order valence-corrected chi connectivity index (χ3v) is 3.70. The Morgan fingerprint density at radius 2 is 1.67 bits per heavy atom. The number of hydrogen-bond acceptors (Lipinski definition) is 4. The molecule has 0 saturated carbocycles. The zero-order valence-corrected chi connectivity index (χ0v) is 14.0. The molecule has 0 amide bonds. The van der Waals surface area contributed by atoms with Crippen molar-refractivity contribution < 1.29 is 14.6 Å². The van der Waals surface area contributed by atoms with E-state index in [0.29, 0.717) is 17.5 Å². The van der Waals surface area contributed by atoms with Gasteiger partial charge in [0.05, 0.1) is 14.2 Å². The maximum absolute atomic E-state index is 9.97. The smallest absolute Gasteiger partial charge is 0.200 e. The van der Waals surface area contributed by atoms with E-state index < -0.39 is 0 Å². The van der Waals surface area contributed by atoms with Crippen LogP contribution in [0.4, 0.5) is 0 Å². The molecule has 1 aromatic carbocycles. The van der Waals surface area contributed by atoms with Gasteiger partial charge in [-0.15, -0.1) is 0 Å². The van der Waals surface area contributed by atoms with Gasteiger partial charge in [0.15, 0.2) is 11.5 Å². The average molecular weight is 295 g/mol. The van der Waals surface area contributed by atoms with Crippen molar-refractivity contribution in [2.24, 2.45) is 0 Å². The SMILES string of the molecule is CCCCCN(Cc1cc(OC)c(O)c(OC)c1)C(C)C. The molecule has 0 saturated heterocycles. The fourth-order valence-corrected chi connectivity index (χ4v) is 2.36. The second-order valence-corrected chi connectivity index (χ2v) is 5.62. The van der Waals surface area contributed by atoms with Crippen molar-refractivity contribution >= 4 is 0 Å². The summed E-state index contributed by atoms with van der Waals surface area (Å²) < 4.78 is 10.4. The Bertz CT molecular complexity index is 407. The molecule has 0 aromatic heterocycles. The van der Waals surface area contributed by atoms with Crippen molar-refractivity contribution in [1.82, 2.24) is 4.90 Å². The van der Waals surface area contributed by atoms with Crippen molar-refractivity contribution in [3.63, 3.8) is 0 Å². The molecule has 1 rings (SSSR count). The van der Waals surface area contributed by atoms with Gasteiger partial charge in [-0.05, 0) is 44.5 Å². The first kappa shape index (κ1) is 17.6. The molecule has 0 atom stereocenters. The predicted molar refractivity (Wildman–Crippen MR) is 86.3 cm³/mol. The summed E-state index contributed by atoms with van der Waals surface area (Å²) in [5, 5.41) is 9.97. The van der Waals surface area contributed by atoms with Crippen LogP contribution in [0.25, 0.3) is 0 Å². The minimum absolute atomic E-state index is 0.0610. The van der Waals surface area contributed by atoms with Crippen LogP contribution in [0.2, 0.25) is 0 Å². The Hall–Kier alpha value is -1.42. The number of phenols is 1. The number of benzene rings is 1. The van der Waals surface area contributed by atoms with E-state index in [1.807, 2.05) is 12.1 Å². The van der Waals surface area contributed by atoms with Crippen LogP contribution in [0.3, 0.4) is 0 Å². The largest absolute Gasteiger partial charge is 0.502 e. The molecule has 4 nitrogen and oxygen atoms in total. The lowest BCUT2D eigenvalue weighted by Gasteiger charge is -2.27. The lowest BCUT2D eigenvalue weighted by Crippen LogP contribution is -2.31. The minimum atomic E-state index is 0.0610. The van der Waals surface area contributed by atoms with Crippen LogP contribution in [-0.4, -0.2) is 36.8 Å². The van der Waals surface area contributed by atoms with Crippen molar-refractivity contribution in [2.45, 2.75) is 52.6 Å². The predicted octanol–water partition coefficient (Wildman–Crippen LogP) is 3.81. The summed E-state index contributed by atoms with van der Waals surface area (Å²) in [6, 6.07) is 4.24. The number of methoxy groups -OCH3 is 2. The summed E-state index contributed by atoms with van der Waals surface area (Å²) in [6.07, 6.45) is 3.69. The normalized spacial score (nSPS) is 11.2. The third-order valence-electron chi connectivity index (χ3n) is 3.70. The van der Waals surface area contributed by atoms with Crippen LogP contribution < -0.4 is 9.47 Å². The van der Waals surface area contributed by atoms with E-state index in [-0.39, 0.29) is 5.75 Å². The van der Waals surface area contributed by atoms with E-state index in [1.165, 1.54) is 19.3 Å². The van der Waals surface area contributed by atoms with Gasteiger partial charge in [0.25, 0.3) is 0 Å². The zero-order chi connectivity index (χ0) is 15.8. The summed E-state index contributed by atoms with van der Waals surface area (Å²) in [5.41, 5.74) is 1.09. The van der Waals surface area contributed by atoms with Crippen molar-refractivity contribution in [3.8, 4) is 17.2 Å². The number of phenolic OH excluding ortho intramolecular Hbond substituents is 1. The Kier molecular flexibility index (Phi) is 7.37. The molecule has 0 fully saturated rings. The van der Waals surface area contributed by atoms with Gasteiger partial charge in [0, 0.05) is 12.6 Å². The number of ether oxygens (including phenoxy) is 2. The van der Waals surface area contributed by atoms with E-state index in [0.717, 1.165) is 18.7 Å². The Labute approximate surface area is 128 Å². The van der Waals surface area contributed by atoms with Crippen LogP contribution in [0.1, 0.15) is 45.6 Å². The average Bonchev–Trinajstić information content (AvgIpc) is 2.47. The number of unbranched alkanes of at least 4 members (excludes halogenated alkanes) is 2. The van der Waals surface area contributed by atoms with Crippen molar-refractivity contribution in [2.75, 3.05) is 20.8 Å². The molecule has 120 valence electrons. The maximum atomic E-state index is 9.97. The van der Waals surface area contributed by atoms with Gasteiger partial charge in [0.1, 0.15) is 0 Å². The van der Waals surface area contributed by atoms with Gasteiger partial charge in [-0.2, -0.15) is 0 Å². The molecule has 1 aromatic rings. The van der Waals surface area contributed by atoms with Crippen LogP contribution in [0.5, 0.6) is 17.2 Å². The van der Waals surface area contributed by atoms with Gasteiger partial charge in [-0.25, -0.2) is 0 Å². The Balaban J connectivity index is 2.87. The molecule has 1 N–H and O–H groups in total. The number of nitrogens with zero attached hydrogens (tertiary/aromatic N) is 1. The second-order valence-electron chi connectivity index (χ2n) is 5.62. The minimum Gasteiger partial charge on any atom is -0.502 e. The molecule has 0 aliphatic heterocycles. The van der Waals surface area contributed by atoms with Gasteiger partial charge in [-0.1, -0.05) is 19.8 Å². The number of rotatable bonds is 9. The van der Waals surface area contributed by atoms with E-state index >= 15 is 0 Å². The summed E-state index contributed by atoms with van der Waals surface area (Å²) in [5.74, 6) is 0.981. The molecule has 0 spiro atoms. The molecular weight excluding hydrogens is 266 g/mol. The first-order valence-corrected chi connectivity index (χ1v) is 7.71. The molecule has 0 aliphatic rings. The number of hydrogen-bond donors (Lipinski definition) is 1. The fourth-order valence-electron chi connectivity index (χ4n) is 2.36. The van der Waals surface area contributed by atoms with Gasteiger partial charge < -0.3 is 14.6 Å². The Morgan fingerprint density at radius 3 is 2.10 bits per heavy atom. The highest BCUT2D eigenvalue weighted by Gasteiger charge is 2.15. The molecule has 4 heteroatoms. The van der Waals surface area contributed by atoms with Crippen molar-refractivity contribution in [3.05, 3.63) is 17.7 Å². The first-order chi connectivity index (χ1) is 10.0.